The highest BCUT2D eigenvalue weighted by Crippen LogP contribution is 2.13. The first-order valence-corrected chi connectivity index (χ1v) is 6.83. The van der Waals surface area contributed by atoms with Crippen molar-refractivity contribution in [3.05, 3.63) is 77.1 Å². The third kappa shape index (κ3) is 4.03. The Hall–Kier alpha value is -2.93. The molecule has 0 aliphatic rings. The van der Waals surface area contributed by atoms with Crippen molar-refractivity contribution in [3.8, 4) is 6.07 Å². The molecule has 0 radical (unpaired) electrons. The Bertz CT molecular complexity index is 732. The number of carbonyl (C=O) groups excluding carboxylic acids is 1. The van der Waals surface area contributed by atoms with Crippen LogP contribution in [0, 0.1) is 17.1 Å². The van der Waals surface area contributed by atoms with Crippen molar-refractivity contribution >= 4 is 12.0 Å². The van der Waals surface area contributed by atoms with Crippen LogP contribution in [0.1, 0.15) is 24.1 Å². The van der Waals surface area contributed by atoms with E-state index in [9.17, 15) is 9.18 Å². The van der Waals surface area contributed by atoms with Crippen LogP contribution in [0.4, 0.5) is 4.39 Å². The maximum absolute atomic E-state index is 13.1. The van der Waals surface area contributed by atoms with Gasteiger partial charge in [0.25, 0.3) is 5.91 Å². The number of benzene rings is 2. The first-order valence-electron chi connectivity index (χ1n) is 6.83. The number of halogens is 1. The molecule has 0 saturated carbocycles. The van der Waals surface area contributed by atoms with Crippen molar-refractivity contribution in [1.82, 2.24) is 5.32 Å². The van der Waals surface area contributed by atoms with E-state index in [0.717, 1.165) is 5.56 Å². The molecule has 2 aromatic rings. The predicted octanol–water partition coefficient (Wildman–Crippen LogP) is 3.61. The molecule has 2 rings (SSSR count). The van der Waals surface area contributed by atoms with Gasteiger partial charge in [0.15, 0.2) is 0 Å². The summed E-state index contributed by atoms with van der Waals surface area (Å²) in [6.45, 7) is 1.84. The minimum absolute atomic E-state index is 0.0617. The van der Waals surface area contributed by atoms with Crippen molar-refractivity contribution < 1.29 is 9.18 Å². The van der Waals surface area contributed by atoms with Crippen LogP contribution in [0.25, 0.3) is 6.08 Å². The zero-order chi connectivity index (χ0) is 15.9. The average molecular weight is 294 g/mol. The van der Waals surface area contributed by atoms with Crippen molar-refractivity contribution in [2.45, 2.75) is 13.0 Å². The smallest absolute Gasteiger partial charge is 0.262 e. The molecule has 0 aliphatic carbocycles. The maximum Gasteiger partial charge on any atom is 0.262 e. The summed E-state index contributed by atoms with van der Waals surface area (Å²) >= 11 is 0. The van der Waals surface area contributed by atoms with Gasteiger partial charge >= 0.3 is 0 Å². The van der Waals surface area contributed by atoms with Crippen molar-refractivity contribution in [2.75, 3.05) is 0 Å². The van der Waals surface area contributed by atoms with Gasteiger partial charge in [-0.1, -0.05) is 42.5 Å². The first kappa shape index (κ1) is 15.5. The van der Waals surface area contributed by atoms with Crippen LogP contribution in [0.2, 0.25) is 0 Å². The Morgan fingerprint density at radius 2 is 1.95 bits per heavy atom. The van der Waals surface area contributed by atoms with Crippen LogP contribution in [0.3, 0.4) is 0 Å². The summed E-state index contributed by atoms with van der Waals surface area (Å²) in [6, 6.07) is 16.8. The fraction of sp³-hybridized carbons (Fsp3) is 0.111. The van der Waals surface area contributed by atoms with Gasteiger partial charge in [-0.2, -0.15) is 5.26 Å². The van der Waals surface area contributed by atoms with E-state index in [4.69, 9.17) is 5.26 Å². The van der Waals surface area contributed by atoms with E-state index < -0.39 is 11.7 Å². The largest absolute Gasteiger partial charge is 0.345 e. The molecule has 22 heavy (non-hydrogen) atoms. The number of nitrogens with zero attached hydrogens (tertiary/aromatic N) is 1. The van der Waals surface area contributed by atoms with Gasteiger partial charge < -0.3 is 5.32 Å². The molecule has 0 spiro atoms. The predicted molar refractivity (Wildman–Crippen MR) is 83.0 cm³/mol. The van der Waals surface area contributed by atoms with Gasteiger partial charge in [0.05, 0.1) is 6.04 Å². The molecule has 0 heterocycles. The Balaban J connectivity index is 2.14. The lowest BCUT2D eigenvalue weighted by Crippen LogP contribution is -2.27. The highest BCUT2D eigenvalue weighted by Gasteiger charge is 2.13. The quantitative estimate of drug-likeness (QED) is 0.692. The van der Waals surface area contributed by atoms with E-state index >= 15 is 0 Å². The molecule has 0 fully saturated rings. The number of hydrogen-bond donors (Lipinski definition) is 1. The van der Waals surface area contributed by atoms with E-state index in [1.165, 1.54) is 24.3 Å². The summed E-state index contributed by atoms with van der Waals surface area (Å²) in [5, 5.41) is 11.9. The highest BCUT2D eigenvalue weighted by molar-refractivity contribution is 6.01. The molecular weight excluding hydrogens is 279 g/mol. The monoisotopic (exact) mass is 294 g/mol. The topological polar surface area (TPSA) is 52.9 Å². The molecule has 1 amide bonds. The Morgan fingerprint density at radius 1 is 1.23 bits per heavy atom. The fourth-order valence-electron chi connectivity index (χ4n) is 2.01. The second-order valence-corrected chi connectivity index (χ2v) is 4.83. The second kappa shape index (κ2) is 7.19. The Labute approximate surface area is 128 Å². The first-order chi connectivity index (χ1) is 10.6. The van der Waals surface area contributed by atoms with E-state index in [0.29, 0.717) is 5.56 Å². The molecule has 0 aliphatic heterocycles. The number of nitrogens with one attached hydrogen (secondary N) is 1. The molecule has 3 nitrogen and oxygen atoms in total. The number of rotatable bonds is 4. The molecule has 110 valence electrons. The minimum Gasteiger partial charge on any atom is -0.345 e. The molecule has 0 aromatic heterocycles. The van der Waals surface area contributed by atoms with Gasteiger partial charge in [-0.25, -0.2) is 4.39 Å². The van der Waals surface area contributed by atoms with Gasteiger partial charge in [-0.3, -0.25) is 4.79 Å². The Morgan fingerprint density at radius 3 is 2.59 bits per heavy atom. The maximum atomic E-state index is 13.1. The normalized spacial score (nSPS) is 12.3. The fourth-order valence-corrected chi connectivity index (χ4v) is 2.01. The molecule has 1 atom stereocenters. The van der Waals surface area contributed by atoms with Crippen LogP contribution in [-0.4, -0.2) is 5.91 Å². The van der Waals surface area contributed by atoms with E-state index in [1.54, 1.807) is 6.07 Å². The molecule has 2 aromatic carbocycles. The van der Waals surface area contributed by atoms with E-state index in [1.807, 2.05) is 43.3 Å². The minimum atomic E-state index is -0.483. The molecule has 0 unspecified atom stereocenters. The van der Waals surface area contributed by atoms with Gasteiger partial charge in [0, 0.05) is 0 Å². The summed E-state index contributed by atoms with van der Waals surface area (Å²) in [7, 11) is 0. The number of amides is 1. The third-order valence-corrected chi connectivity index (χ3v) is 3.17. The molecule has 0 bridgehead atoms. The zero-order valence-corrected chi connectivity index (χ0v) is 12.1. The van der Waals surface area contributed by atoms with Gasteiger partial charge in [0.2, 0.25) is 0 Å². The van der Waals surface area contributed by atoms with Crippen LogP contribution < -0.4 is 5.32 Å². The third-order valence-electron chi connectivity index (χ3n) is 3.17. The van der Waals surface area contributed by atoms with E-state index in [-0.39, 0.29) is 11.6 Å². The molecule has 1 N–H and O–H groups in total. The van der Waals surface area contributed by atoms with Gasteiger partial charge in [-0.05, 0) is 36.3 Å². The van der Waals surface area contributed by atoms with Crippen molar-refractivity contribution in [2.24, 2.45) is 0 Å². The SMILES string of the molecule is C[C@H](NC(=O)/C(C#N)=C\c1cccc(F)c1)c1ccccc1. The lowest BCUT2D eigenvalue weighted by molar-refractivity contribution is -0.117. The average Bonchev–Trinajstić information content (AvgIpc) is 2.53. The Kier molecular flexibility index (Phi) is 5.05. The summed E-state index contributed by atoms with van der Waals surface area (Å²) < 4.78 is 13.1. The van der Waals surface area contributed by atoms with Crippen molar-refractivity contribution in [1.29, 1.82) is 5.26 Å². The second-order valence-electron chi connectivity index (χ2n) is 4.83. The number of hydrogen-bond acceptors (Lipinski definition) is 2. The lowest BCUT2D eigenvalue weighted by atomic mass is 10.1. The lowest BCUT2D eigenvalue weighted by Gasteiger charge is -2.13. The molecule has 4 heteroatoms. The van der Waals surface area contributed by atoms with Crippen LogP contribution in [0.15, 0.2) is 60.2 Å². The van der Waals surface area contributed by atoms with Crippen LogP contribution in [0.5, 0.6) is 0 Å². The number of nitriles is 1. The molecule has 0 saturated heterocycles. The summed E-state index contributed by atoms with van der Waals surface area (Å²) in [4.78, 5) is 12.2. The summed E-state index contributed by atoms with van der Waals surface area (Å²) in [5.74, 6) is -0.896. The van der Waals surface area contributed by atoms with Gasteiger partial charge in [-0.15, -0.1) is 0 Å². The molecular formula is C18H15FN2O. The van der Waals surface area contributed by atoms with Crippen molar-refractivity contribution in [3.63, 3.8) is 0 Å². The van der Waals surface area contributed by atoms with E-state index in [2.05, 4.69) is 5.32 Å². The highest BCUT2D eigenvalue weighted by atomic mass is 19.1. The van der Waals surface area contributed by atoms with Gasteiger partial charge in [0.1, 0.15) is 17.5 Å². The summed E-state index contributed by atoms with van der Waals surface area (Å²) in [6.07, 6.45) is 1.37. The summed E-state index contributed by atoms with van der Waals surface area (Å²) in [5.41, 5.74) is 1.35. The number of carbonyl (C=O) groups is 1. The van der Waals surface area contributed by atoms with Crippen LogP contribution in [-0.2, 0) is 4.79 Å². The van der Waals surface area contributed by atoms with Crippen LogP contribution >= 0.6 is 0 Å². The zero-order valence-electron chi connectivity index (χ0n) is 12.1. The standard InChI is InChI=1S/C18H15FN2O/c1-13(15-7-3-2-4-8-15)21-18(22)16(12-20)10-14-6-5-9-17(19)11-14/h2-11,13H,1H3,(H,21,22)/b16-10-/t13-/m0/s1.